The van der Waals surface area contributed by atoms with Crippen molar-refractivity contribution in [1.82, 2.24) is 9.80 Å². The van der Waals surface area contributed by atoms with Crippen LogP contribution in [0, 0.1) is 5.92 Å². The minimum absolute atomic E-state index is 0.334. The molecule has 0 aromatic carbocycles. The molecule has 0 unspecified atom stereocenters. The molecule has 2 aliphatic heterocycles. The Kier molecular flexibility index (Phi) is 5.64. The van der Waals surface area contributed by atoms with Gasteiger partial charge in [0, 0.05) is 32.7 Å². The third-order valence-electron chi connectivity index (χ3n) is 4.74. The van der Waals surface area contributed by atoms with Crippen molar-refractivity contribution in [3.05, 3.63) is 0 Å². The van der Waals surface area contributed by atoms with Crippen LogP contribution in [0.15, 0.2) is 0 Å². The maximum absolute atomic E-state index is 12.2. The SMILES string of the molecule is CN1CCC(N(C)C(=O)CCC2CCOCC2)CC1. The average molecular weight is 268 g/mol. The third kappa shape index (κ3) is 4.46. The van der Waals surface area contributed by atoms with Crippen molar-refractivity contribution < 1.29 is 9.53 Å². The molecule has 2 saturated heterocycles. The Morgan fingerprint density at radius 3 is 2.47 bits per heavy atom. The number of piperidine rings is 1. The monoisotopic (exact) mass is 268 g/mol. The van der Waals surface area contributed by atoms with Gasteiger partial charge in [-0.05, 0) is 58.2 Å². The first kappa shape index (κ1) is 14.8. The Morgan fingerprint density at radius 2 is 1.84 bits per heavy atom. The molecular weight excluding hydrogens is 240 g/mol. The Morgan fingerprint density at radius 1 is 1.21 bits per heavy atom. The van der Waals surface area contributed by atoms with Gasteiger partial charge in [0.05, 0.1) is 0 Å². The van der Waals surface area contributed by atoms with E-state index in [2.05, 4.69) is 11.9 Å². The first-order valence-electron chi connectivity index (χ1n) is 7.68. The van der Waals surface area contributed by atoms with Gasteiger partial charge in [0.1, 0.15) is 0 Å². The lowest BCUT2D eigenvalue weighted by molar-refractivity contribution is -0.133. The lowest BCUT2D eigenvalue weighted by Crippen LogP contribution is -2.44. The molecule has 4 nitrogen and oxygen atoms in total. The standard InChI is InChI=1S/C15H28N2O2/c1-16-9-5-14(6-10-16)17(2)15(18)4-3-13-7-11-19-12-8-13/h13-14H,3-12H2,1-2H3. The highest BCUT2D eigenvalue weighted by atomic mass is 16.5. The van der Waals surface area contributed by atoms with E-state index in [9.17, 15) is 4.79 Å². The number of amides is 1. The van der Waals surface area contributed by atoms with Gasteiger partial charge in [0.2, 0.25) is 5.91 Å². The molecular formula is C15H28N2O2. The zero-order valence-electron chi connectivity index (χ0n) is 12.4. The Bertz CT molecular complexity index is 282. The van der Waals surface area contributed by atoms with Crippen molar-refractivity contribution in [2.45, 2.75) is 44.6 Å². The fraction of sp³-hybridized carbons (Fsp3) is 0.933. The van der Waals surface area contributed by atoms with Gasteiger partial charge in [-0.1, -0.05) is 0 Å². The molecule has 19 heavy (non-hydrogen) atoms. The van der Waals surface area contributed by atoms with Gasteiger partial charge in [0.25, 0.3) is 0 Å². The number of hydrogen-bond acceptors (Lipinski definition) is 3. The largest absolute Gasteiger partial charge is 0.381 e. The van der Waals surface area contributed by atoms with Crippen LogP contribution in [0.5, 0.6) is 0 Å². The van der Waals surface area contributed by atoms with E-state index in [0.717, 1.165) is 58.4 Å². The van der Waals surface area contributed by atoms with Gasteiger partial charge in [-0.3, -0.25) is 4.79 Å². The molecule has 0 aromatic heterocycles. The predicted molar refractivity (Wildman–Crippen MR) is 76.1 cm³/mol. The van der Waals surface area contributed by atoms with Crippen LogP contribution in [0.2, 0.25) is 0 Å². The van der Waals surface area contributed by atoms with Crippen molar-refractivity contribution >= 4 is 5.91 Å². The molecule has 2 fully saturated rings. The predicted octanol–water partition coefficient (Wildman–Crippen LogP) is 1.75. The van der Waals surface area contributed by atoms with Gasteiger partial charge in [-0.2, -0.15) is 0 Å². The summed E-state index contributed by atoms with van der Waals surface area (Å²) in [4.78, 5) is 16.6. The van der Waals surface area contributed by atoms with Crippen molar-refractivity contribution in [1.29, 1.82) is 0 Å². The lowest BCUT2D eigenvalue weighted by atomic mass is 9.94. The zero-order valence-corrected chi connectivity index (χ0v) is 12.4. The normalized spacial score (nSPS) is 23.5. The molecule has 2 aliphatic rings. The molecule has 0 bridgehead atoms. The van der Waals surface area contributed by atoms with Crippen LogP contribution in [-0.2, 0) is 9.53 Å². The van der Waals surface area contributed by atoms with Gasteiger partial charge in [-0.25, -0.2) is 0 Å². The first-order chi connectivity index (χ1) is 9.16. The van der Waals surface area contributed by atoms with Gasteiger partial charge in [0.15, 0.2) is 0 Å². The summed E-state index contributed by atoms with van der Waals surface area (Å²) in [6.07, 6.45) is 6.26. The summed E-state index contributed by atoms with van der Waals surface area (Å²) < 4.78 is 5.36. The number of hydrogen-bond donors (Lipinski definition) is 0. The van der Waals surface area contributed by atoms with Crippen LogP contribution in [0.1, 0.15) is 38.5 Å². The molecule has 4 heteroatoms. The summed E-state index contributed by atoms with van der Waals surface area (Å²) in [7, 11) is 4.14. The number of rotatable bonds is 4. The van der Waals surface area contributed by atoms with Crippen molar-refractivity contribution in [2.24, 2.45) is 5.92 Å². The quantitative estimate of drug-likeness (QED) is 0.778. The molecule has 0 radical (unpaired) electrons. The fourth-order valence-electron chi connectivity index (χ4n) is 3.12. The third-order valence-corrected chi connectivity index (χ3v) is 4.74. The van der Waals surface area contributed by atoms with Gasteiger partial charge >= 0.3 is 0 Å². The van der Waals surface area contributed by atoms with E-state index in [1.54, 1.807) is 0 Å². The van der Waals surface area contributed by atoms with Crippen molar-refractivity contribution in [2.75, 3.05) is 40.4 Å². The molecule has 1 amide bonds. The zero-order chi connectivity index (χ0) is 13.7. The number of nitrogens with zero attached hydrogens (tertiary/aromatic N) is 2. The number of carbonyl (C=O) groups excluding carboxylic acids is 1. The Hall–Kier alpha value is -0.610. The molecule has 0 spiro atoms. The molecule has 0 atom stereocenters. The highest BCUT2D eigenvalue weighted by Gasteiger charge is 2.24. The minimum atomic E-state index is 0.334. The van der Waals surface area contributed by atoms with E-state index in [4.69, 9.17) is 4.74 Å². The highest BCUT2D eigenvalue weighted by Crippen LogP contribution is 2.21. The second-order valence-corrected chi connectivity index (χ2v) is 6.13. The summed E-state index contributed by atoms with van der Waals surface area (Å²) in [6, 6.07) is 0.457. The molecule has 110 valence electrons. The van der Waals surface area contributed by atoms with Crippen LogP contribution in [0.25, 0.3) is 0 Å². The molecule has 0 N–H and O–H groups in total. The lowest BCUT2D eigenvalue weighted by Gasteiger charge is -2.35. The maximum atomic E-state index is 12.2. The topological polar surface area (TPSA) is 32.8 Å². The van der Waals surface area contributed by atoms with E-state index >= 15 is 0 Å². The summed E-state index contributed by atoms with van der Waals surface area (Å²) >= 11 is 0. The number of ether oxygens (including phenoxy) is 1. The first-order valence-corrected chi connectivity index (χ1v) is 7.68. The molecule has 2 heterocycles. The molecule has 2 rings (SSSR count). The second-order valence-electron chi connectivity index (χ2n) is 6.13. The van der Waals surface area contributed by atoms with E-state index in [1.165, 1.54) is 0 Å². The van der Waals surface area contributed by atoms with Crippen LogP contribution in [0.4, 0.5) is 0 Å². The van der Waals surface area contributed by atoms with Gasteiger partial charge in [-0.15, -0.1) is 0 Å². The highest BCUT2D eigenvalue weighted by molar-refractivity contribution is 5.76. The van der Waals surface area contributed by atoms with Crippen molar-refractivity contribution in [3.8, 4) is 0 Å². The number of likely N-dealkylation sites (tertiary alicyclic amines) is 1. The number of carbonyl (C=O) groups is 1. The second kappa shape index (κ2) is 7.25. The smallest absolute Gasteiger partial charge is 0.222 e. The minimum Gasteiger partial charge on any atom is -0.381 e. The van der Waals surface area contributed by atoms with Crippen molar-refractivity contribution in [3.63, 3.8) is 0 Å². The summed E-state index contributed by atoms with van der Waals surface area (Å²) in [5.41, 5.74) is 0. The van der Waals surface area contributed by atoms with E-state index in [1.807, 2.05) is 11.9 Å². The average Bonchev–Trinajstić information content (AvgIpc) is 2.46. The van der Waals surface area contributed by atoms with E-state index < -0.39 is 0 Å². The summed E-state index contributed by atoms with van der Waals surface area (Å²) in [6.45, 7) is 3.98. The molecule has 0 aliphatic carbocycles. The summed E-state index contributed by atoms with van der Waals surface area (Å²) in [5, 5.41) is 0. The van der Waals surface area contributed by atoms with Crippen LogP contribution in [-0.4, -0.2) is 62.1 Å². The summed E-state index contributed by atoms with van der Waals surface area (Å²) in [5.74, 6) is 1.03. The molecule has 0 saturated carbocycles. The van der Waals surface area contributed by atoms with Gasteiger partial charge < -0.3 is 14.5 Å². The van der Waals surface area contributed by atoms with Crippen LogP contribution in [0.3, 0.4) is 0 Å². The molecule has 0 aromatic rings. The van der Waals surface area contributed by atoms with E-state index in [-0.39, 0.29) is 0 Å². The van der Waals surface area contributed by atoms with Crippen LogP contribution < -0.4 is 0 Å². The van der Waals surface area contributed by atoms with E-state index in [0.29, 0.717) is 24.3 Å². The Labute approximate surface area is 117 Å². The Balaban J connectivity index is 1.69. The maximum Gasteiger partial charge on any atom is 0.222 e. The van der Waals surface area contributed by atoms with Crippen LogP contribution >= 0.6 is 0 Å². The fourth-order valence-corrected chi connectivity index (χ4v) is 3.12.